The van der Waals surface area contributed by atoms with Crippen molar-refractivity contribution in [2.45, 2.75) is 37.5 Å². The molecule has 0 aliphatic carbocycles. The number of carbonyl (C=O) groups is 1. The molecule has 130 valence electrons. The zero-order valence-electron chi connectivity index (χ0n) is 14.8. The second-order valence-electron chi connectivity index (χ2n) is 6.25. The Morgan fingerprint density at radius 3 is 2.60 bits per heavy atom. The summed E-state index contributed by atoms with van der Waals surface area (Å²) in [5.74, 6) is 0.925. The van der Waals surface area contributed by atoms with Gasteiger partial charge in [0.1, 0.15) is 5.82 Å². The number of thioether (sulfide) groups is 1. The van der Waals surface area contributed by atoms with Gasteiger partial charge in [-0.05, 0) is 43.3 Å². The van der Waals surface area contributed by atoms with Gasteiger partial charge in [-0.25, -0.2) is 4.98 Å². The average molecular weight is 353 g/mol. The van der Waals surface area contributed by atoms with Crippen LogP contribution in [0.2, 0.25) is 0 Å². The summed E-state index contributed by atoms with van der Waals surface area (Å²) in [6, 6.07) is 15.9. The molecule has 1 amide bonds. The predicted octanol–water partition coefficient (Wildman–Crippen LogP) is 4.28. The van der Waals surface area contributed by atoms with Gasteiger partial charge in [-0.2, -0.15) is 0 Å². The Labute approximate surface area is 152 Å². The zero-order chi connectivity index (χ0) is 17.8. The van der Waals surface area contributed by atoms with Crippen LogP contribution in [0.1, 0.15) is 30.0 Å². The van der Waals surface area contributed by atoms with Crippen LogP contribution >= 0.6 is 11.8 Å². The van der Waals surface area contributed by atoms with Crippen LogP contribution in [0.15, 0.2) is 53.4 Å². The number of imidazole rings is 1. The fraction of sp³-hybridized carbons (Fsp3) is 0.300. The number of aromatic nitrogens is 2. The molecule has 0 unspecified atom stereocenters. The Kier molecular flexibility index (Phi) is 5.43. The first-order valence-electron chi connectivity index (χ1n) is 8.51. The van der Waals surface area contributed by atoms with E-state index < -0.39 is 0 Å². The highest BCUT2D eigenvalue weighted by Crippen LogP contribution is 2.22. The molecule has 5 heteroatoms. The second kappa shape index (κ2) is 7.74. The number of nitrogens with one attached hydrogen (secondary N) is 1. The Bertz CT molecular complexity index is 868. The Balaban J connectivity index is 1.59. The first kappa shape index (κ1) is 17.5. The van der Waals surface area contributed by atoms with Gasteiger partial charge in [0.25, 0.3) is 5.91 Å². The van der Waals surface area contributed by atoms with Crippen LogP contribution in [-0.2, 0) is 6.54 Å². The summed E-state index contributed by atoms with van der Waals surface area (Å²) in [4.78, 5) is 18.0. The molecule has 2 aromatic carbocycles. The van der Waals surface area contributed by atoms with Crippen molar-refractivity contribution < 1.29 is 4.79 Å². The zero-order valence-corrected chi connectivity index (χ0v) is 15.6. The summed E-state index contributed by atoms with van der Waals surface area (Å²) in [5, 5.41) is 3.53. The summed E-state index contributed by atoms with van der Waals surface area (Å²) >= 11 is 1.80. The lowest BCUT2D eigenvalue weighted by molar-refractivity contribution is 0.0952. The summed E-state index contributed by atoms with van der Waals surface area (Å²) in [6.07, 6.45) is 0. The number of benzene rings is 2. The number of aryl methyl sites for hydroxylation is 1. The third-order valence-corrected chi connectivity index (χ3v) is 4.97. The van der Waals surface area contributed by atoms with Gasteiger partial charge < -0.3 is 9.88 Å². The maximum atomic E-state index is 12.3. The lowest BCUT2D eigenvalue weighted by Gasteiger charge is -2.09. The van der Waals surface area contributed by atoms with E-state index in [-0.39, 0.29) is 5.91 Å². The summed E-state index contributed by atoms with van der Waals surface area (Å²) in [5.41, 5.74) is 2.79. The van der Waals surface area contributed by atoms with Crippen LogP contribution in [0, 0.1) is 6.92 Å². The molecule has 3 rings (SSSR count). The molecule has 4 nitrogen and oxygen atoms in total. The maximum Gasteiger partial charge on any atom is 0.251 e. The third-order valence-electron chi connectivity index (χ3n) is 3.95. The molecule has 0 aliphatic heterocycles. The minimum Gasteiger partial charge on any atom is -0.350 e. The smallest absolute Gasteiger partial charge is 0.251 e. The molecule has 0 bridgehead atoms. The van der Waals surface area contributed by atoms with E-state index in [9.17, 15) is 4.79 Å². The Morgan fingerprint density at radius 2 is 1.88 bits per heavy atom. The normalized spacial score (nSPS) is 11.2. The number of para-hydroxylation sites is 2. The molecule has 0 fully saturated rings. The maximum absolute atomic E-state index is 12.3. The molecule has 0 aliphatic rings. The number of hydrogen-bond acceptors (Lipinski definition) is 3. The van der Waals surface area contributed by atoms with E-state index in [1.165, 1.54) is 4.90 Å². The van der Waals surface area contributed by atoms with Crippen LogP contribution in [0.3, 0.4) is 0 Å². The molecular weight excluding hydrogens is 330 g/mol. The molecule has 0 spiro atoms. The van der Waals surface area contributed by atoms with Crippen molar-refractivity contribution in [3.63, 3.8) is 0 Å². The highest BCUT2D eigenvalue weighted by Gasteiger charge is 2.08. The van der Waals surface area contributed by atoms with Crippen molar-refractivity contribution in [1.29, 1.82) is 0 Å². The van der Waals surface area contributed by atoms with Gasteiger partial charge >= 0.3 is 0 Å². The minimum absolute atomic E-state index is 0.0387. The molecular formula is C20H23N3OS. The predicted molar refractivity (Wildman–Crippen MR) is 104 cm³/mol. The van der Waals surface area contributed by atoms with E-state index in [0.29, 0.717) is 23.9 Å². The molecule has 25 heavy (non-hydrogen) atoms. The molecule has 0 saturated carbocycles. The van der Waals surface area contributed by atoms with E-state index >= 15 is 0 Å². The van der Waals surface area contributed by atoms with Gasteiger partial charge in [-0.1, -0.05) is 26.0 Å². The second-order valence-corrected chi connectivity index (χ2v) is 7.90. The number of amides is 1. The number of hydrogen-bond donors (Lipinski definition) is 1. The van der Waals surface area contributed by atoms with E-state index in [0.717, 1.165) is 16.9 Å². The van der Waals surface area contributed by atoms with Crippen LogP contribution < -0.4 is 5.32 Å². The molecule has 3 aromatic rings. The monoisotopic (exact) mass is 353 g/mol. The molecule has 0 radical (unpaired) electrons. The van der Waals surface area contributed by atoms with Crippen LogP contribution in [0.5, 0.6) is 0 Å². The van der Waals surface area contributed by atoms with Gasteiger partial charge in [0.15, 0.2) is 0 Å². The van der Waals surface area contributed by atoms with Gasteiger partial charge in [0.05, 0.1) is 11.0 Å². The minimum atomic E-state index is -0.0387. The van der Waals surface area contributed by atoms with E-state index in [1.807, 2.05) is 49.4 Å². The van der Waals surface area contributed by atoms with Gasteiger partial charge in [0.2, 0.25) is 0 Å². The van der Waals surface area contributed by atoms with Crippen molar-refractivity contribution in [2.24, 2.45) is 0 Å². The Morgan fingerprint density at radius 1 is 1.16 bits per heavy atom. The molecule has 1 heterocycles. The first-order chi connectivity index (χ1) is 12.0. The quantitative estimate of drug-likeness (QED) is 0.673. The SMILES string of the molecule is Cc1nc2ccccc2n1CCNC(=O)c1ccc(SC(C)C)cc1. The molecule has 1 N–H and O–H groups in total. The molecule has 0 atom stereocenters. The van der Waals surface area contributed by atoms with E-state index in [2.05, 4.69) is 34.8 Å². The van der Waals surface area contributed by atoms with Crippen LogP contribution in [0.25, 0.3) is 11.0 Å². The summed E-state index contributed by atoms with van der Waals surface area (Å²) in [6.45, 7) is 7.59. The van der Waals surface area contributed by atoms with E-state index in [1.54, 1.807) is 11.8 Å². The lowest BCUT2D eigenvalue weighted by Crippen LogP contribution is -2.27. The standard InChI is InChI=1S/C20H23N3OS/c1-14(2)25-17-10-8-16(9-11-17)20(24)21-12-13-23-15(3)22-18-6-4-5-7-19(18)23/h4-11,14H,12-13H2,1-3H3,(H,21,24). The van der Waals surface area contributed by atoms with Crippen molar-refractivity contribution in [3.05, 3.63) is 59.9 Å². The van der Waals surface area contributed by atoms with Gasteiger partial charge in [-0.15, -0.1) is 11.8 Å². The Hall–Kier alpha value is -2.27. The molecule has 1 aromatic heterocycles. The number of nitrogens with zero attached hydrogens (tertiary/aromatic N) is 2. The fourth-order valence-electron chi connectivity index (χ4n) is 2.82. The number of carbonyl (C=O) groups excluding carboxylic acids is 1. The fourth-order valence-corrected chi connectivity index (χ4v) is 3.66. The van der Waals surface area contributed by atoms with E-state index in [4.69, 9.17) is 0 Å². The van der Waals surface area contributed by atoms with Crippen LogP contribution in [0.4, 0.5) is 0 Å². The number of rotatable bonds is 6. The third kappa shape index (κ3) is 4.23. The highest BCUT2D eigenvalue weighted by molar-refractivity contribution is 7.99. The topological polar surface area (TPSA) is 46.9 Å². The van der Waals surface area contributed by atoms with Crippen molar-refractivity contribution in [2.75, 3.05) is 6.54 Å². The average Bonchev–Trinajstić information content (AvgIpc) is 2.90. The van der Waals surface area contributed by atoms with Crippen molar-refractivity contribution >= 4 is 28.7 Å². The first-order valence-corrected chi connectivity index (χ1v) is 9.39. The lowest BCUT2D eigenvalue weighted by atomic mass is 10.2. The van der Waals surface area contributed by atoms with Crippen molar-refractivity contribution in [1.82, 2.24) is 14.9 Å². The molecule has 0 saturated heterocycles. The highest BCUT2D eigenvalue weighted by atomic mass is 32.2. The number of fused-ring (bicyclic) bond motifs is 1. The summed E-state index contributed by atoms with van der Waals surface area (Å²) < 4.78 is 2.14. The summed E-state index contributed by atoms with van der Waals surface area (Å²) in [7, 11) is 0. The van der Waals surface area contributed by atoms with Gasteiger partial charge in [0, 0.05) is 28.8 Å². The largest absolute Gasteiger partial charge is 0.350 e. The van der Waals surface area contributed by atoms with Crippen LogP contribution in [-0.4, -0.2) is 27.3 Å². The van der Waals surface area contributed by atoms with Crippen molar-refractivity contribution in [3.8, 4) is 0 Å². The van der Waals surface area contributed by atoms with Gasteiger partial charge in [-0.3, -0.25) is 4.79 Å².